The first-order valence-corrected chi connectivity index (χ1v) is 12.1. The third-order valence-corrected chi connectivity index (χ3v) is 6.96. The Morgan fingerprint density at radius 2 is 1.58 bits per heavy atom. The van der Waals surface area contributed by atoms with Crippen molar-refractivity contribution in [2.75, 3.05) is 43.1 Å². The van der Waals surface area contributed by atoms with E-state index >= 15 is 0 Å². The predicted octanol–water partition coefficient (Wildman–Crippen LogP) is 4.63. The molecule has 1 saturated heterocycles. The van der Waals surface area contributed by atoms with Crippen molar-refractivity contribution in [2.45, 2.75) is 38.1 Å². The number of para-hydroxylation sites is 2. The quantitative estimate of drug-likeness (QED) is 0.622. The molecule has 1 aromatic heterocycles. The van der Waals surface area contributed by atoms with Crippen LogP contribution in [0, 0.1) is 0 Å². The summed E-state index contributed by atoms with van der Waals surface area (Å²) in [6.45, 7) is 3.51. The van der Waals surface area contributed by atoms with Gasteiger partial charge in [-0.1, -0.05) is 55.7 Å². The number of rotatable bonds is 5. The lowest BCUT2D eigenvalue weighted by atomic mass is 9.95. The van der Waals surface area contributed by atoms with Crippen LogP contribution in [-0.4, -0.2) is 50.2 Å². The fraction of sp³-hybridized carbons (Fsp3) is 0.407. The lowest BCUT2D eigenvalue weighted by Gasteiger charge is -2.37. The zero-order chi connectivity index (χ0) is 22.6. The monoisotopic (exact) mass is 444 g/mol. The number of hydrogen-bond acceptors (Lipinski definition) is 5. The second kappa shape index (κ2) is 9.69. The highest BCUT2D eigenvalue weighted by atomic mass is 16.5. The number of nitrogens with one attached hydrogen (secondary N) is 1. The van der Waals surface area contributed by atoms with Crippen molar-refractivity contribution in [2.24, 2.45) is 0 Å². The largest absolute Gasteiger partial charge is 0.495 e. The van der Waals surface area contributed by atoms with Crippen LogP contribution in [0.3, 0.4) is 0 Å². The summed E-state index contributed by atoms with van der Waals surface area (Å²) in [5.74, 6) is 1.86. The number of aromatic nitrogens is 1. The normalized spacial score (nSPS) is 17.2. The first kappa shape index (κ1) is 21.6. The van der Waals surface area contributed by atoms with Crippen LogP contribution in [0.25, 0.3) is 10.8 Å². The molecule has 1 aliphatic carbocycles. The van der Waals surface area contributed by atoms with Gasteiger partial charge in [0.05, 0.1) is 18.4 Å². The minimum absolute atomic E-state index is 0.00172. The highest BCUT2D eigenvalue weighted by Crippen LogP contribution is 2.31. The lowest BCUT2D eigenvalue weighted by molar-refractivity contribution is 0.0929. The van der Waals surface area contributed by atoms with E-state index < -0.39 is 0 Å². The minimum atomic E-state index is -0.00172. The van der Waals surface area contributed by atoms with Crippen LogP contribution in [0.2, 0.25) is 0 Å². The van der Waals surface area contributed by atoms with Gasteiger partial charge in [-0.3, -0.25) is 4.79 Å². The SMILES string of the molecule is COc1ccccc1N1CCN(c2ncc(C(=O)NC3CCCCC3)c3ccccc23)CC1. The summed E-state index contributed by atoms with van der Waals surface area (Å²) >= 11 is 0. The number of hydrogen-bond donors (Lipinski definition) is 1. The van der Waals surface area contributed by atoms with Crippen LogP contribution in [0.1, 0.15) is 42.5 Å². The molecule has 0 spiro atoms. The molecule has 0 radical (unpaired) electrons. The number of anilines is 2. The fourth-order valence-electron chi connectivity index (χ4n) is 5.17. The standard InChI is InChI=1S/C27H32N4O2/c1-33-25-14-8-7-13-24(25)30-15-17-31(18-16-30)26-22-12-6-5-11-21(22)23(19-28-26)27(32)29-20-9-3-2-4-10-20/h5-8,11-14,19-20H,2-4,9-10,15-18H2,1H3,(H,29,32). The molecule has 33 heavy (non-hydrogen) atoms. The van der Waals surface area contributed by atoms with E-state index in [0.29, 0.717) is 5.56 Å². The maximum atomic E-state index is 13.1. The molecule has 1 saturated carbocycles. The molecule has 0 unspecified atom stereocenters. The number of benzene rings is 2. The molecule has 2 fully saturated rings. The summed E-state index contributed by atoms with van der Waals surface area (Å²) in [5, 5.41) is 5.27. The van der Waals surface area contributed by atoms with E-state index in [0.717, 1.165) is 67.0 Å². The van der Waals surface area contributed by atoms with Gasteiger partial charge in [-0.15, -0.1) is 0 Å². The first-order chi connectivity index (χ1) is 16.2. The van der Waals surface area contributed by atoms with Crippen molar-refractivity contribution in [1.82, 2.24) is 10.3 Å². The number of nitrogens with zero attached hydrogens (tertiary/aromatic N) is 3. The van der Waals surface area contributed by atoms with Gasteiger partial charge in [-0.05, 0) is 30.4 Å². The Hall–Kier alpha value is -3.28. The second-order valence-electron chi connectivity index (χ2n) is 9.00. The summed E-state index contributed by atoms with van der Waals surface area (Å²) in [5.41, 5.74) is 1.81. The molecular weight excluding hydrogens is 412 g/mol. The molecule has 1 amide bonds. The number of amides is 1. The van der Waals surface area contributed by atoms with E-state index in [4.69, 9.17) is 9.72 Å². The Morgan fingerprint density at radius 3 is 2.33 bits per heavy atom. The van der Waals surface area contributed by atoms with E-state index in [1.165, 1.54) is 19.3 Å². The second-order valence-corrected chi connectivity index (χ2v) is 9.00. The van der Waals surface area contributed by atoms with Gasteiger partial charge >= 0.3 is 0 Å². The summed E-state index contributed by atoms with van der Waals surface area (Å²) in [4.78, 5) is 22.6. The Kier molecular flexibility index (Phi) is 6.33. The molecule has 0 atom stereocenters. The topological polar surface area (TPSA) is 57.7 Å². The van der Waals surface area contributed by atoms with Crippen LogP contribution >= 0.6 is 0 Å². The van der Waals surface area contributed by atoms with Gasteiger partial charge in [-0.25, -0.2) is 4.98 Å². The molecule has 2 aliphatic rings. The van der Waals surface area contributed by atoms with Crippen molar-refractivity contribution < 1.29 is 9.53 Å². The number of ether oxygens (including phenoxy) is 1. The number of carbonyl (C=O) groups excluding carboxylic acids is 1. The van der Waals surface area contributed by atoms with Crippen molar-refractivity contribution >= 4 is 28.2 Å². The molecule has 6 nitrogen and oxygen atoms in total. The third-order valence-electron chi connectivity index (χ3n) is 6.96. The summed E-state index contributed by atoms with van der Waals surface area (Å²) in [7, 11) is 1.72. The van der Waals surface area contributed by atoms with Gasteiger partial charge in [0.15, 0.2) is 0 Å². The van der Waals surface area contributed by atoms with Gasteiger partial charge in [0, 0.05) is 43.8 Å². The summed E-state index contributed by atoms with van der Waals surface area (Å²) in [6, 6.07) is 16.6. The zero-order valence-electron chi connectivity index (χ0n) is 19.3. The highest BCUT2D eigenvalue weighted by molar-refractivity contribution is 6.09. The van der Waals surface area contributed by atoms with Gasteiger partial charge in [0.25, 0.3) is 5.91 Å². The molecule has 5 rings (SSSR count). The van der Waals surface area contributed by atoms with Crippen LogP contribution < -0.4 is 19.9 Å². The molecule has 6 heteroatoms. The van der Waals surface area contributed by atoms with E-state index in [2.05, 4.69) is 33.3 Å². The molecular formula is C27H32N4O2. The van der Waals surface area contributed by atoms with E-state index in [-0.39, 0.29) is 11.9 Å². The van der Waals surface area contributed by atoms with Crippen molar-refractivity contribution in [3.63, 3.8) is 0 Å². The smallest absolute Gasteiger partial charge is 0.253 e. The Morgan fingerprint density at radius 1 is 0.909 bits per heavy atom. The Labute approximate surface area is 195 Å². The van der Waals surface area contributed by atoms with Crippen LogP contribution in [0.4, 0.5) is 11.5 Å². The number of methoxy groups -OCH3 is 1. The number of piperazine rings is 1. The van der Waals surface area contributed by atoms with E-state index in [1.54, 1.807) is 13.3 Å². The van der Waals surface area contributed by atoms with Gasteiger partial charge < -0.3 is 19.9 Å². The maximum absolute atomic E-state index is 13.1. The number of carbonyl (C=O) groups is 1. The fourth-order valence-corrected chi connectivity index (χ4v) is 5.17. The lowest BCUT2D eigenvalue weighted by Crippen LogP contribution is -2.47. The number of fused-ring (bicyclic) bond motifs is 1. The minimum Gasteiger partial charge on any atom is -0.495 e. The third kappa shape index (κ3) is 4.47. The van der Waals surface area contributed by atoms with Crippen molar-refractivity contribution in [3.8, 4) is 5.75 Å². The molecule has 1 aliphatic heterocycles. The summed E-state index contributed by atoms with van der Waals surface area (Å²) in [6.07, 6.45) is 7.59. The van der Waals surface area contributed by atoms with Crippen LogP contribution in [0.5, 0.6) is 5.75 Å². The van der Waals surface area contributed by atoms with Crippen molar-refractivity contribution in [1.29, 1.82) is 0 Å². The molecule has 172 valence electrons. The Balaban J connectivity index is 1.35. The van der Waals surface area contributed by atoms with Gasteiger partial charge in [-0.2, -0.15) is 0 Å². The highest BCUT2D eigenvalue weighted by Gasteiger charge is 2.24. The van der Waals surface area contributed by atoms with E-state index in [1.807, 2.05) is 30.3 Å². The number of pyridine rings is 1. The van der Waals surface area contributed by atoms with E-state index in [9.17, 15) is 4.79 Å². The molecule has 3 aromatic rings. The average molecular weight is 445 g/mol. The molecule has 2 heterocycles. The van der Waals surface area contributed by atoms with Gasteiger partial charge in [0.2, 0.25) is 0 Å². The average Bonchev–Trinajstić information content (AvgIpc) is 2.88. The predicted molar refractivity (Wildman–Crippen MR) is 134 cm³/mol. The summed E-state index contributed by atoms with van der Waals surface area (Å²) < 4.78 is 5.55. The van der Waals surface area contributed by atoms with Crippen LogP contribution in [0.15, 0.2) is 54.7 Å². The molecule has 2 aromatic carbocycles. The molecule has 0 bridgehead atoms. The zero-order valence-corrected chi connectivity index (χ0v) is 19.3. The first-order valence-electron chi connectivity index (χ1n) is 12.1. The van der Waals surface area contributed by atoms with Crippen LogP contribution in [-0.2, 0) is 0 Å². The van der Waals surface area contributed by atoms with Gasteiger partial charge in [0.1, 0.15) is 11.6 Å². The van der Waals surface area contributed by atoms with Crippen molar-refractivity contribution in [3.05, 3.63) is 60.3 Å². The maximum Gasteiger partial charge on any atom is 0.253 e. The Bertz CT molecular complexity index is 1120. The molecule has 1 N–H and O–H groups in total.